The highest BCUT2D eigenvalue weighted by Gasteiger charge is 2.15. The predicted octanol–water partition coefficient (Wildman–Crippen LogP) is 5.34. The molecule has 152 valence electrons. The molecule has 0 N–H and O–H groups in total. The Kier molecular flexibility index (Phi) is 7.97. The highest BCUT2D eigenvalue weighted by molar-refractivity contribution is 7.79. The minimum Gasteiger partial charge on any atom is -0.327 e. The van der Waals surface area contributed by atoms with Crippen LogP contribution < -0.4 is 15.9 Å². The second-order valence-electron chi connectivity index (χ2n) is 8.28. The summed E-state index contributed by atoms with van der Waals surface area (Å²) >= 11 is 0. The number of quaternary nitrogens is 1. The summed E-state index contributed by atoms with van der Waals surface area (Å²) in [6.07, 6.45) is 0. The third-order valence-electron chi connectivity index (χ3n) is 4.54. The molecule has 1 nitrogen and oxygen atoms in total. The number of nitrogens with zero attached hydrogens (tertiary/aromatic N) is 1. The van der Waals surface area contributed by atoms with Crippen LogP contribution in [0.4, 0.5) is 0 Å². The Bertz CT molecular complexity index is 884. The van der Waals surface area contributed by atoms with Crippen LogP contribution in [0, 0.1) is 0 Å². The van der Waals surface area contributed by atoms with E-state index in [2.05, 4.69) is 142 Å². The summed E-state index contributed by atoms with van der Waals surface area (Å²) in [6.45, 7) is 1.10. The molecular formula is C28H31NP+. The fourth-order valence-corrected chi connectivity index (χ4v) is 5.61. The third kappa shape index (κ3) is 6.95. The molecule has 0 saturated heterocycles. The van der Waals surface area contributed by atoms with Crippen LogP contribution in [0.3, 0.4) is 0 Å². The van der Waals surface area contributed by atoms with Gasteiger partial charge in [-0.25, -0.2) is 0 Å². The zero-order chi connectivity index (χ0) is 21.2. The lowest BCUT2D eigenvalue weighted by molar-refractivity contribution is -0.884. The lowest BCUT2D eigenvalue weighted by Gasteiger charge is -2.23. The standard InChI is InChI=1S/C18H15P.C10H16N/c1-4-10-16(11-5-1)19(17-12-6-2-7-13-17)18-14-8-3-9-15-18;1-11(2,3)9-10-7-5-4-6-8-10/h1-15H;4-8H,9H2,1-3H3/q;+1. The molecule has 0 radical (unpaired) electrons. The van der Waals surface area contributed by atoms with Gasteiger partial charge in [-0.3, -0.25) is 0 Å². The Morgan fingerprint density at radius 3 is 1.07 bits per heavy atom. The van der Waals surface area contributed by atoms with Gasteiger partial charge in [-0.05, 0) is 23.8 Å². The maximum absolute atomic E-state index is 2.23. The first kappa shape index (κ1) is 22.0. The summed E-state index contributed by atoms with van der Waals surface area (Å²) in [5.41, 5.74) is 1.40. The third-order valence-corrected chi connectivity index (χ3v) is 6.99. The average Bonchev–Trinajstić information content (AvgIpc) is 2.76. The molecule has 0 spiro atoms. The van der Waals surface area contributed by atoms with Crippen molar-refractivity contribution in [1.82, 2.24) is 0 Å². The fourth-order valence-electron chi connectivity index (χ4n) is 3.31. The van der Waals surface area contributed by atoms with Gasteiger partial charge in [0, 0.05) is 5.56 Å². The van der Waals surface area contributed by atoms with Gasteiger partial charge in [0.05, 0.1) is 21.1 Å². The molecule has 0 saturated carbocycles. The van der Waals surface area contributed by atoms with E-state index in [-0.39, 0.29) is 0 Å². The molecule has 0 aliphatic carbocycles. The summed E-state index contributed by atoms with van der Waals surface area (Å²) in [5.74, 6) is 0. The molecule has 2 heteroatoms. The molecule has 0 aromatic heterocycles. The van der Waals surface area contributed by atoms with Gasteiger partial charge in [0.2, 0.25) is 0 Å². The Hall–Kier alpha value is -2.73. The Morgan fingerprint density at radius 1 is 0.467 bits per heavy atom. The summed E-state index contributed by atoms with van der Waals surface area (Å²) in [6, 6.07) is 42.9. The Morgan fingerprint density at radius 2 is 0.767 bits per heavy atom. The molecular weight excluding hydrogens is 381 g/mol. The monoisotopic (exact) mass is 412 g/mol. The van der Waals surface area contributed by atoms with E-state index in [0.29, 0.717) is 0 Å². The minimum atomic E-state index is -0.446. The van der Waals surface area contributed by atoms with Crippen LogP contribution in [0.25, 0.3) is 0 Å². The molecule has 0 aliphatic rings. The van der Waals surface area contributed by atoms with Gasteiger partial charge in [0.1, 0.15) is 6.54 Å². The number of rotatable bonds is 5. The van der Waals surface area contributed by atoms with Gasteiger partial charge >= 0.3 is 0 Å². The van der Waals surface area contributed by atoms with Crippen molar-refractivity contribution in [3.63, 3.8) is 0 Å². The van der Waals surface area contributed by atoms with Gasteiger partial charge in [-0.15, -0.1) is 0 Å². The van der Waals surface area contributed by atoms with Crippen molar-refractivity contribution in [3.05, 3.63) is 127 Å². The smallest absolute Gasteiger partial charge is 0.104 e. The Balaban J connectivity index is 0.000000199. The summed E-state index contributed by atoms with van der Waals surface area (Å²) in [5, 5.41) is 4.19. The highest BCUT2D eigenvalue weighted by Crippen LogP contribution is 2.32. The van der Waals surface area contributed by atoms with E-state index >= 15 is 0 Å². The fraction of sp³-hybridized carbons (Fsp3) is 0.143. The Labute approximate surface area is 183 Å². The van der Waals surface area contributed by atoms with Crippen LogP contribution in [-0.4, -0.2) is 25.6 Å². The molecule has 0 fully saturated rings. The number of hydrogen-bond donors (Lipinski definition) is 0. The average molecular weight is 413 g/mol. The highest BCUT2D eigenvalue weighted by atomic mass is 31.1. The van der Waals surface area contributed by atoms with E-state index in [9.17, 15) is 0 Å². The first-order valence-corrected chi connectivity index (χ1v) is 11.7. The van der Waals surface area contributed by atoms with Crippen molar-refractivity contribution in [1.29, 1.82) is 0 Å². The zero-order valence-corrected chi connectivity index (χ0v) is 19.0. The molecule has 4 aromatic rings. The van der Waals surface area contributed by atoms with E-state index in [0.717, 1.165) is 11.0 Å². The van der Waals surface area contributed by atoms with Crippen LogP contribution in [0.5, 0.6) is 0 Å². The van der Waals surface area contributed by atoms with E-state index in [1.165, 1.54) is 21.5 Å². The number of benzene rings is 4. The van der Waals surface area contributed by atoms with Crippen molar-refractivity contribution in [3.8, 4) is 0 Å². The maximum Gasteiger partial charge on any atom is 0.104 e. The lowest BCUT2D eigenvalue weighted by atomic mass is 10.2. The zero-order valence-electron chi connectivity index (χ0n) is 18.1. The second kappa shape index (κ2) is 10.9. The molecule has 0 amide bonds. The molecule has 4 aromatic carbocycles. The van der Waals surface area contributed by atoms with Gasteiger partial charge in [0.15, 0.2) is 0 Å². The minimum absolute atomic E-state index is 0.446. The molecule has 0 heterocycles. The maximum atomic E-state index is 2.23. The second-order valence-corrected chi connectivity index (χ2v) is 10.5. The van der Waals surface area contributed by atoms with Crippen LogP contribution >= 0.6 is 7.92 Å². The van der Waals surface area contributed by atoms with E-state index in [4.69, 9.17) is 0 Å². The predicted molar refractivity (Wildman–Crippen MR) is 133 cm³/mol. The number of hydrogen-bond acceptors (Lipinski definition) is 0. The SMILES string of the molecule is C[N+](C)(C)Cc1ccccc1.c1ccc(P(c2ccccc2)c2ccccc2)cc1. The first-order chi connectivity index (χ1) is 14.5. The van der Waals surface area contributed by atoms with E-state index < -0.39 is 7.92 Å². The van der Waals surface area contributed by atoms with Crippen molar-refractivity contribution >= 4 is 23.8 Å². The van der Waals surface area contributed by atoms with Crippen LogP contribution in [0.2, 0.25) is 0 Å². The van der Waals surface area contributed by atoms with Crippen molar-refractivity contribution in [2.45, 2.75) is 6.54 Å². The largest absolute Gasteiger partial charge is 0.327 e. The molecule has 0 aliphatic heterocycles. The molecule has 0 bridgehead atoms. The van der Waals surface area contributed by atoms with E-state index in [1.807, 2.05) is 0 Å². The summed E-state index contributed by atoms with van der Waals surface area (Å²) in [4.78, 5) is 0. The van der Waals surface area contributed by atoms with Gasteiger partial charge < -0.3 is 4.48 Å². The van der Waals surface area contributed by atoms with Gasteiger partial charge in [0.25, 0.3) is 0 Å². The van der Waals surface area contributed by atoms with Gasteiger partial charge in [-0.1, -0.05) is 121 Å². The molecule has 30 heavy (non-hydrogen) atoms. The molecule has 0 atom stereocenters. The summed E-state index contributed by atoms with van der Waals surface area (Å²) < 4.78 is 0.990. The van der Waals surface area contributed by atoms with E-state index in [1.54, 1.807) is 0 Å². The quantitative estimate of drug-likeness (QED) is 0.307. The first-order valence-electron chi connectivity index (χ1n) is 10.3. The normalized spacial score (nSPS) is 10.9. The topological polar surface area (TPSA) is 0 Å². The van der Waals surface area contributed by atoms with Crippen molar-refractivity contribution < 1.29 is 4.48 Å². The van der Waals surface area contributed by atoms with Crippen LogP contribution in [-0.2, 0) is 6.54 Å². The van der Waals surface area contributed by atoms with Crippen molar-refractivity contribution in [2.75, 3.05) is 21.1 Å². The van der Waals surface area contributed by atoms with Crippen LogP contribution in [0.1, 0.15) is 5.56 Å². The van der Waals surface area contributed by atoms with Crippen LogP contribution in [0.15, 0.2) is 121 Å². The van der Waals surface area contributed by atoms with Crippen molar-refractivity contribution in [2.24, 2.45) is 0 Å². The summed E-state index contributed by atoms with van der Waals surface area (Å²) in [7, 11) is 6.16. The molecule has 0 unspecified atom stereocenters. The molecule has 4 rings (SSSR count). The van der Waals surface area contributed by atoms with Gasteiger partial charge in [-0.2, -0.15) is 0 Å². The lowest BCUT2D eigenvalue weighted by Crippen LogP contribution is -2.33.